The zero-order valence-electron chi connectivity index (χ0n) is 11.4. The molecule has 0 bridgehead atoms. The van der Waals surface area contributed by atoms with E-state index in [1.165, 1.54) is 0 Å². The van der Waals surface area contributed by atoms with Crippen molar-refractivity contribution >= 4 is 27.7 Å². The van der Waals surface area contributed by atoms with E-state index in [0.717, 1.165) is 10.0 Å². The molecule has 21 heavy (non-hydrogen) atoms. The van der Waals surface area contributed by atoms with Gasteiger partial charge in [0.05, 0.1) is 0 Å². The van der Waals surface area contributed by atoms with E-state index in [-0.39, 0.29) is 18.2 Å². The molecule has 1 aromatic heterocycles. The summed E-state index contributed by atoms with van der Waals surface area (Å²) in [7, 11) is 0. The molecule has 1 aromatic carbocycles. The molecule has 1 heterocycles. The van der Waals surface area contributed by atoms with Crippen molar-refractivity contribution in [1.29, 1.82) is 0 Å². The first-order valence-corrected chi connectivity index (χ1v) is 7.37. The highest BCUT2D eigenvalue weighted by Crippen LogP contribution is 2.10. The van der Waals surface area contributed by atoms with Gasteiger partial charge < -0.3 is 15.6 Å². The average Bonchev–Trinajstić information content (AvgIpc) is 2.93. The number of amides is 2. The summed E-state index contributed by atoms with van der Waals surface area (Å²) in [4.78, 5) is 26.2. The van der Waals surface area contributed by atoms with Crippen LogP contribution < -0.4 is 10.6 Å². The van der Waals surface area contributed by atoms with Gasteiger partial charge in [0.15, 0.2) is 0 Å². The molecule has 0 spiro atoms. The van der Waals surface area contributed by atoms with E-state index in [0.29, 0.717) is 18.8 Å². The maximum Gasteiger partial charge on any atom is 0.267 e. The van der Waals surface area contributed by atoms with E-state index >= 15 is 0 Å². The fourth-order valence-electron chi connectivity index (χ4n) is 1.77. The van der Waals surface area contributed by atoms with Gasteiger partial charge in [-0.2, -0.15) is 0 Å². The van der Waals surface area contributed by atoms with E-state index < -0.39 is 0 Å². The van der Waals surface area contributed by atoms with Gasteiger partial charge in [-0.05, 0) is 27.6 Å². The molecule has 0 saturated carbocycles. The zero-order chi connectivity index (χ0) is 15.1. The third kappa shape index (κ3) is 5.07. The standard InChI is InChI=1S/C15H16BrN3O2/c16-12-8-13(18-10-12)15(21)17-7-6-14(20)19-9-11-4-2-1-3-5-11/h1-5,8,10,18H,6-7,9H2,(H,17,21)(H,19,20). The summed E-state index contributed by atoms with van der Waals surface area (Å²) >= 11 is 3.26. The van der Waals surface area contributed by atoms with Gasteiger partial charge >= 0.3 is 0 Å². The van der Waals surface area contributed by atoms with Gasteiger partial charge in [0.2, 0.25) is 5.91 Å². The molecule has 0 saturated heterocycles. The van der Waals surface area contributed by atoms with Gasteiger partial charge in [0.1, 0.15) is 5.69 Å². The lowest BCUT2D eigenvalue weighted by atomic mass is 10.2. The largest absolute Gasteiger partial charge is 0.356 e. The van der Waals surface area contributed by atoms with Gasteiger partial charge in [0.25, 0.3) is 5.91 Å². The van der Waals surface area contributed by atoms with Crippen molar-refractivity contribution in [3.8, 4) is 0 Å². The minimum absolute atomic E-state index is 0.0909. The topological polar surface area (TPSA) is 74.0 Å². The van der Waals surface area contributed by atoms with Crippen LogP contribution in [0.1, 0.15) is 22.5 Å². The molecule has 3 N–H and O–H groups in total. The lowest BCUT2D eigenvalue weighted by Gasteiger charge is -2.06. The zero-order valence-corrected chi connectivity index (χ0v) is 12.9. The molecule has 110 valence electrons. The lowest BCUT2D eigenvalue weighted by Crippen LogP contribution is -2.30. The second-order valence-electron chi connectivity index (χ2n) is 4.50. The highest BCUT2D eigenvalue weighted by atomic mass is 79.9. The number of H-pyrrole nitrogens is 1. The van der Waals surface area contributed by atoms with Crippen LogP contribution in [0, 0.1) is 0 Å². The summed E-state index contributed by atoms with van der Waals surface area (Å²) in [5.74, 6) is -0.316. The summed E-state index contributed by atoms with van der Waals surface area (Å²) < 4.78 is 0.813. The molecule has 2 amide bonds. The smallest absolute Gasteiger partial charge is 0.267 e. The number of aromatic amines is 1. The molecule has 0 unspecified atom stereocenters. The Morgan fingerprint density at radius 1 is 1.14 bits per heavy atom. The van der Waals surface area contributed by atoms with E-state index in [2.05, 4.69) is 31.5 Å². The van der Waals surface area contributed by atoms with Gasteiger partial charge in [-0.3, -0.25) is 9.59 Å². The van der Waals surface area contributed by atoms with Crippen LogP contribution >= 0.6 is 15.9 Å². The highest BCUT2D eigenvalue weighted by molar-refractivity contribution is 9.10. The van der Waals surface area contributed by atoms with Gasteiger partial charge in [0, 0.05) is 30.2 Å². The van der Waals surface area contributed by atoms with Crippen molar-refractivity contribution in [2.45, 2.75) is 13.0 Å². The van der Waals surface area contributed by atoms with Crippen molar-refractivity contribution in [1.82, 2.24) is 15.6 Å². The first-order valence-electron chi connectivity index (χ1n) is 6.58. The van der Waals surface area contributed by atoms with Crippen LogP contribution in [0.25, 0.3) is 0 Å². The monoisotopic (exact) mass is 349 g/mol. The van der Waals surface area contributed by atoms with E-state index in [4.69, 9.17) is 0 Å². The number of rotatable bonds is 6. The number of carbonyl (C=O) groups excluding carboxylic acids is 2. The minimum atomic E-state index is -0.225. The Hall–Kier alpha value is -2.08. The van der Waals surface area contributed by atoms with Gasteiger partial charge in [-0.1, -0.05) is 30.3 Å². The Morgan fingerprint density at radius 2 is 1.90 bits per heavy atom. The maximum atomic E-state index is 11.7. The fraction of sp³-hybridized carbons (Fsp3) is 0.200. The van der Waals surface area contributed by atoms with Crippen molar-refractivity contribution in [3.05, 3.63) is 58.3 Å². The third-order valence-electron chi connectivity index (χ3n) is 2.86. The van der Waals surface area contributed by atoms with E-state index in [1.807, 2.05) is 30.3 Å². The van der Waals surface area contributed by atoms with Crippen molar-refractivity contribution in [3.63, 3.8) is 0 Å². The maximum absolute atomic E-state index is 11.7. The number of aromatic nitrogens is 1. The number of hydrogen-bond acceptors (Lipinski definition) is 2. The normalized spacial score (nSPS) is 10.1. The van der Waals surface area contributed by atoms with Crippen molar-refractivity contribution < 1.29 is 9.59 Å². The lowest BCUT2D eigenvalue weighted by molar-refractivity contribution is -0.121. The third-order valence-corrected chi connectivity index (χ3v) is 3.32. The van der Waals surface area contributed by atoms with Crippen molar-refractivity contribution in [2.24, 2.45) is 0 Å². The van der Waals surface area contributed by atoms with E-state index in [9.17, 15) is 9.59 Å². The summed E-state index contributed by atoms with van der Waals surface area (Å²) in [6.45, 7) is 0.799. The van der Waals surface area contributed by atoms with Crippen molar-refractivity contribution in [2.75, 3.05) is 6.54 Å². The molecular weight excluding hydrogens is 334 g/mol. The van der Waals surface area contributed by atoms with Crippen LogP contribution in [0.2, 0.25) is 0 Å². The average molecular weight is 350 g/mol. The van der Waals surface area contributed by atoms with Gasteiger partial charge in [-0.25, -0.2) is 0 Å². The summed E-state index contributed by atoms with van der Waals surface area (Å²) in [6.07, 6.45) is 1.93. The van der Waals surface area contributed by atoms with Crippen LogP contribution in [0.5, 0.6) is 0 Å². The first-order chi connectivity index (χ1) is 10.1. The van der Waals surface area contributed by atoms with Crippen LogP contribution in [-0.2, 0) is 11.3 Å². The van der Waals surface area contributed by atoms with Crippen LogP contribution in [0.4, 0.5) is 0 Å². The number of nitrogens with one attached hydrogen (secondary N) is 3. The van der Waals surface area contributed by atoms with Gasteiger partial charge in [-0.15, -0.1) is 0 Å². The SMILES string of the molecule is O=C(CCNC(=O)c1cc(Br)c[nH]1)NCc1ccccc1. The molecule has 0 aliphatic heterocycles. The minimum Gasteiger partial charge on any atom is -0.356 e. The Balaban J connectivity index is 1.66. The second kappa shape index (κ2) is 7.64. The number of hydrogen-bond donors (Lipinski definition) is 3. The number of halogens is 1. The molecule has 0 atom stereocenters. The fourth-order valence-corrected chi connectivity index (χ4v) is 2.11. The molecule has 0 radical (unpaired) electrons. The Labute approximate surface area is 131 Å². The molecule has 2 aromatic rings. The first kappa shape index (κ1) is 15.3. The molecule has 0 fully saturated rings. The van der Waals surface area contributed by atoms with E-state index in [1.54, 1.807) is 12.3 Å². The molecule has 0 aliphatic carbocycles. The predicted octanol–water partition coefficient (Wildman–Crippen LogP) is 2.21. The number of benzene rings is 1. The van der Waals surface area contributed by atoms with Crippen LogP contribution in [-0.4, -0.2) is 23.3 Å². The summed E-state index contributed by atoms with van der Waals surface area (Å²) in [6, 6.07) is 11.4. The Bertz CT molecular complexity index is 610. The number of carbonyl (C=O) groups is 2. The molecule has 2 rings (SSSR count). The Kier molecular flexibility index (Phi) is 5.57. The molecule has 6 heteroatoms. The summed E-state index contributed by atoms with van der Waals surface area (Å²) in [5, 5.41) is 5.50. The molecular formula is C15H16BrN3O2. The Morgan fingerprint density at radius 3 is 2.57 bits per heavy atom. The van der Waals surface area contributed by atoms with Crippen LogP contribution in [0.15, 0.2) is 47.1 Å². The second-order valence-corrected chi connectivity index (χ2v) is 5.42. The predicted molar refractivity (Wildman–Crippen MR) is 83.7 cm³/mol. The molecule has 5 nitrogen and oxygen atoms in total. The highest BCUT2D eigenvalue weighted by Gasteiger charge is 2.08. The summed E-state index contributed by atoms with van der Waals surface area (Å²) in [5.41, 5.74) is 1.51. The quantitative estimate of drug-likeness (QED) is 0.747. The van der Waals surface area contributed by atoms with Crippen LogP contribution in [0.3, 0.4) is 0 Å². The molecule has 0 aliphatic rings.